The Morgan fingerprint density at radius 1 is 1.19 bits per heavy atom. The summed E-state index contributed by atoms with van der Waals surface area (Å²) in [5.74, 6) is -4.53. The van der Waals surface area contributed by atoms with Gasteiger partial charge in [-0.25, -0.2) is 0 Å². The predicted octanol–water partition coefficient (Wildman–Crippen LogP) is 3.46. The van der Waals surface area contributed by atoms with Gasteiger partial charge in [-0.1, -0.05) is 23.4 Å². The van der Waals surface area contributed by atoms with E-state index in [0.29, 0.717) is 12.1 Å². The fraction of sp³-hybridized carbons (Fsp3) is 0.389. The number of hydrogen-bond acceptors (Lipinski definition) is 5. The Balaban J connectivity index is 1.88. The summed E-state index contributed by atoms with van der Waals surface area (Å²) >= 11 is 0. The molecule has 8 heteroatoms. The molecule has 3 aromatic rings. The Kier molecular flexibility index (Phi) is 4.39. The number of aliphatic hydroxyl groups is 1. The van der Waals surface area contributed by atoms with Gasteiger partial charge < -0.3 is 9.63 Å². The average Bonchev–Trinajstić information content (AvgIpc) is 3.14. The highest BCUT2D eigenvalue weighted by molar-refractivity contribution is 5.55. The molecule has 1 N–H and O–H groups in total. The molecule has 0 unspecified atom stereocenters. The molecule has 0 aliphatic carbocycles. The summed E-state index contributed by atoms with van der Waals surface area (Å²) < 4.78 is 34.9. The maximum absolute atomic E-state index is 14.1. The number of alkyl halides is 2. The van der Waals surface area contributed by atoms with Crippen LogP contribution in [0.2, 0.25) is 0 Å². The van der Waals surface area contributed by atoms with E-state index in [1.165, 1.54) is 0 Å². The number of aromatic nitrogens is 4. The zero-order chi connectivity index (χ0) is 19.1. The van der Waals surface area contributed by atoms with Gasteiger partial charge >= 0.3 is 11.8 Å². The van der Waals surface area contributed by atoms with Crippen molar-refractivity contribution in [3.63, 3.8) is 0 Å². The van der Waals surface area contributed by atoms with Crippen molar-refractivity contribution in [1.82, 2.24) is 19.9 Å². The minimum absolute atomic E-state index is 0.0409. The van der Waals surface area contributed by atoms with E-state index in [1.807, 2.05) is 30.7 Å². The van der Waals surface area contributed by atoms with Crippen LogP contribution in [-0.4, -0.2) is 30.6 Å². The largest absolute Gasteiger partial charge is 0.384 e. The van der Waals surface area contributed by atoms with Crippen molar-refractivity contribution in [2.75, 3.05) is 0 Å². The Morgan fingerprint density at radius 2 is 1.92 bits per heavy atom. The standard InChI is InChI=1S/C18H20F2N4O2/c1-11-8-12(2)24(22-11)10-13-6-5-7-14(9-13)15-21-16(26-23-15)18(19,20)17(3,4)25/h5-9,25H,10H2,1-4H3. The fourth-order valence-corrected chi connectivity index (χ4v) is 2.55. The van der Waals surface area contributed by atoms with E-state index in [0.717, 1.165) is 30.8 Å². The van der Waals surface area contributed by atoms with Crippen LogP contribution in [0.3, 0.4) is 0 Å². The highest BCUT2D eigenvalue weighted by atomic mass is 19.3. The van der Waals surface area contributed by atoms with Crippen molar-refractivity contribution in [2.45, 2.75) is 45.8 Å². The van der Waals surface area contributed by atoms with Crippen molar-refractivity contribution in [3.05, 3.63) is 53.2 Å². The third-order valence-electron chi connectivity index (χ3n) is 4.08. The first-order valence-corrected chi connectivity index (χ1v) is 8.12. The summed E-state index contributed by atoms with van der Waals surface area (Å²) in [7, 11) is 0. The normalized spacial score (nSPS) is 12.6. The van der Waals surface area contributed by atoms with E-state index < -0.39 is 17.4 Å². The molecule has 0 atom stereocenters. The molecule has 0 aliphatic heterocycles. The lowest BCUT2D eigenvalue weighted by atomic mass is 10.0. The highest BCUT2D eigenvalue weighted by Crippen LogP contribution is 2.38. The summed E-state index contributed by atoms with van der Waals surface area (Å²) in [6, 6.07) is 9.19. The summed E-state index contributed by atoms with van der Waals surface area (Å²) in [4.78, 5) is 3.78. The van der Waals surface area contributed by atoms with Gasteiger partial charge in [-0.3, -0.25) is 4.68 Å². The van der Waals surface area contributed by atoms with E-state index in [9.17, 15) is 13.9 Å². The second-order valence-corrected chi connectivity index (χ2v) is 6.84. The third kappa shape index (κ3) is 3.37. The first-order chi connectivity index (χ1) is 12.1. The maximum atomic E-state index is 14.1. The maximum Gasteiger partial charge on any atom is 0.352 e. The van der Waals surface area contributed by atoms with Crippen LogP contribution in [0.15, 0.2) is 34.9 Å². The lowest BCUT2D eigenvalue weighted by Gasteiger charge is -2.25. The van der Waals surface area contributed by atoms with E-state index in [2.05, 4.69) is 15.2 Å². The summed E-state index contributed by atoms with van der Waals surface area (Å²) in [5.41, 5.74) is 1.11. The Labute approximate surface area is 149 Å². The molecule has 2 heterocycles. The average molecular weight is 362 g/mol. The number of benzene rings is 1. The second-order valence-electron chi connectivity index (χ2n) is 6.84. The smallest absolute Gasteiger partial charge is 0.352 e. The fourth-order valence-electron chi connectivity index (χ4n) is 2.55. The number of rotatable bonds is 5. The SMILES string of the molecule is Cc1cc(C)n(Cc2cccc(-c3noc(C(F)(F)C(C)(C)O)n3)c2)n1. The highest BCUT2D eigenvalue weighted by Gasteiger charge is 2.52. The summed E-state index contributed by atoms with van der Waals surface area (Å²) in [6.45, 7) is 6.41. The molecule has 0 fully saturated rings. The Morgan fingerprint density at radius 3 is 2.54 bits per heavy atom. The van der Waals surface area contributed by atoms with Gasteiger partial charge in [-0.2, -0.15) is 18.9 Å². The van der Waals surface area contributed by atoms with Gasteiger partial charge in [-0.05, 0) is 45.4 Å². The molecule has 0 aliphatic rings. The molecule has 0 saturated heterocycles. The Bertz CT molecular complexity index is 925. The molecule has 0 saturated carbocycles. The van der Waals surface area contributed by atoms with Crippen LogP contribution in [0.1, 0.15) is 36.7 Å². The molecular formula is C18H20F2N4O2. The summed E-state index contributed by atoms with van der Waals surface area (Å²) in [5, 5.41) is 17.7. The topological polar surface area (TPSA) is 77.0 Å². The van der Waals surface area contributed by atoms with E-state index in [1.54, 1.807) is 18.2 Å². The molecule has 6 nitrogen and oxygen atoms in total. The molecule has 0 spiro atoms. The van der Waals surface area contributed by atoms with Crippen LogP contribution >= 0.6 is 0 Å². The van der Waals surface area contributed by atoms with Crippen molar-refractivity contribution >= 4 is 0 Å². The quantitative estimate of drug-likeness (QED) is 0.752. The minimum Gasteiger partial charge on any atom is -0.384 e. The third-order valence-corrected chi connectivity index (χ3v) is 4.08. The molecule has 2 aromatic heterocycles. The van der Waals surface area contributed by atoms with Crippen molar-refractivity contribution in [1.29, 1.82) is 0 Å². The molecule has 1 aromatic carbocycles. The summed E-state index contributed by atoms with van der Waals surface area (Å²) in [6.07, 6.45) is 0. The van der Waals surface area contributed by atoms with Crippen molar-refractivity contribution < 1.29 is 18.4 Å². The van der Waals surface area contributed by atoms with Gasteiger partial charge in [0.2, 0.25) is 5.82 Å². The van der Waals surface area contributed by atoms with Gasteiger partial charge in [0.05, 0.1) is 12.2 Å². The van der Waals surface area contributed by atoms with Crippen LogP contribution in [-0.2, 0) is 12.5 Å². The van der Waals surface area contributed by atoms with Gasteiger partial charge in [0.25, 0.3) is 0 Å². The molecular weight excluding hydrogens is 342 g/mol. The number of nitrogens with zero attached hydrogens (tertiary/aromatic N) is 4. The van der Waals surface area contributed by atoms with Crippen LogP contribution in [0.5, 0.6) is 0 Å². The molecule has 0 radical (unpaired) electrons. The van der Waals surface area contributed by atoms with Crippen LogP contribution in [0, 0.1) is 13.8 Å². The molecule has 0 amide bonds. The van der Waals surface area contributed by atoms with Crippen LogP contribution in [0.25, 0.3) is 11.4 Å². The van der Waals surface area contributed by atoms with Crippen LogP contribution in [0.4, 0.5) is 8.78 Å². The first-order valence-electron chi connectivity index (χ1n) is 8.12. The zero-order valence-corrected chi connectivity index (χ0v) is 15.0. The van der Waals surface area contributed by atoms with E-state index in [4.69, 9.17) is 4.52 Å². The molecule has 138 valence electrons. The number of hydrogen-bond donors (Lipinski definition) is 1. The van der Waals surface area contributed by atoms with Crippen molar-refractivity contribution in [2.24, 2.45) is 0 Å². The van der Waals surface area contributed by atoms with Gasteiger partial charge in [0, 0.05) is 11.3 Å². The van der Waals surface area contributed by atoms with Gasteiger partial charge in [0.15, 0.2) is 0 Å². The zero-order valence-electron chi connectivity index (χ0n) is 15.0. The van der Waals surface area contributed by atoms with E-state index >= 15 is 0 Å². The predicted molar refractivity (Wildman–Crippen MR) is 90.7 cm³/mol. The number of halogens is 2. The van der Waals surface area contributed by atoms with Crippen molar-refractivity contribution in [3.8, 4) is 11.4 Å². The lowest BCUT2D eigenvalue weighted by Crippen LogP contribution is -2.40. The molecule has 26 heavy (non-hydrogen) atoms. The van der Waals surface area contributed by atoms with Crippen LogP contribution < -0.4 is 0 Å². The number of aryl methyl sites for hydroxylation is 2. The second kappa shape index (κ2) is 6.28. The molecule has 0 bridgehead atoms. The Hall–Kier alpha value is -2.61. The monoisotopic (exact) mass is 362 g/mol. The molecule has 3 rings (SSSR count). The van der Waals surface area contributed by atoms with E-state index in [-0.39, 0.29) is 5.82 Å². The van der Waals surface area contributed by atoms with Gasteiger partial charge in [-0.15, -0.1) is 0 Å². The first kappa shape index (κ1) is 18.2. The lowest BCUT2D eigenvalue weighted by molar-refractivity contribution is -0.183. The van der Waals surface area contributed by atoms with Gasteiger partial charge in [0.1, 0.15) is 5.60 Å². The minimum atomic E-state index is -3.65.